The average Bonchev–Trinajstić information content (AvgIpc) is 2.65. The molecule has 142 valence electrons. The van der Waals surface area contributed by atoms with E-state index in [2.05, 4.69) is 36.9 Å². The highest BCUT2D eigenvalue weighted by atomic mass is 16.2. The summed E-state index contributed by atoms with van der Waals surface area (Å²) >= 11 is 0. The first-order valence-corrected chi connectivity index (χ1v) is 9.29. The number of amides is 1. The Morgan fingerprint density at radius 3 is 2.37 bits per heavy atom. The van der Waals surface area contributed by atoms with E-state index in [0.717, 1.165) is 17.7 Å². The zero-order valence-electron chi connectivity index (χ0n) is 16.8. The number of carbonyl (C=O) groups is 1. The van der Waals surface area contributed by atoms with Crippen LogP contribution in [0.25, 0.3) is 0 Å². The second-order valence-electron chi connectivity index (χ2n) is 7.86. The van der Waals surface area contributed by atoms with Gasteiger partial charge < -0.3 is 9.80 Å². The molecule has 4 nitrogen and oxygen atoms in total. The van der Waals surface area contributed by atoms with Crippen LogP contribution in [0, 0.1) is 11.3 Å². The van der Waals surface area contributed by atoms with Crippen LogP contribution < -0.4 is 0 Å². The van der Waals surface area contributed by atoms with E-state index >= 15 is 0 Å². The highest BCUT2D eigenvalue weighted by Crippen LogP contribution is 2.28. The van der Waals surface area contributed by atoms with Gasteiger partial charge in [-0.15, -0.1) is 0 Å². The van der Waals surface area contributed by atoms with Gasteiger partial charge in [0.2, 0.25) is 5.91 Å². The Balaban J connectivity index is 2.16. The maximum absolute atomic E-state index is 13.1. The number of nitrogens with zero attached hydrogens (tertiary/aromatic N) is 3. The normalized spacial score (nSPS) is 11.3. The van der Waals surface area contributed by atoms with Gasteiger partial charge in [0.1, 0.15) is 0 Å². The second kappa shape index (κ2) is 9.34. The predicted molar refractivity (Wildman–Crippen MR) is 109 cm³/mol. The van der Waals surface area contributed by atoms with Crippen molar-refractivity contribution in [2.75, 3.05) is 27.2 Å². The first kappa shape index (κ1) is 20.7. The second-order valence-corrected chi connectivity index (χ2v) is 7.86. The van der Waals surface area contributed by atoms with Gasteiger partial charge in [0.25, 0.3) is 0 Å². The number of hydrogen-bond donors (Lipinski definition) is 0. The summed E-state index contributed by atoms with van der Waals surface area (Å²) in [4.78, 5) is 17.1. The van der Waals surface area contributed by atoms with Crippen LogP contribution in [0.4, 0.5) is 0 Å². The van der Waals surface area contributed by atoms with Crippen LogP contribution in [0.3, 0.4) is 0 Å². The lowest BCUT2D eigenvalue weighted by atomic mass is 9.81. The van der Waals surface area contributed by atoms with Crippen LogP contribution in [-0.4, -0.2) is 42.9 Å². The van der Waals surface area contributed by atoms with Gasteiger partial charge in [-0.3, -0.25) is 4.79 Å². The number of likely N-dealkylation sites (N-methyl/N-ethyl adjacent to an activating group) is 1. The summed E-state index contributed by atoms with van der Waals surface area (Å²) in [5, 5.41) is 9.12. The van der Waals surface area contributed by atoms with E-state index in [1.54, 1.807) is 6.07 Å². The first-order valence-electron chi connectivity index (χ1n) is 9.29. The van der Waals surface area contributed by atoms with Crippen LogP contribution in [0.15, 0.2) is 54.6 Å². The number of rotatable bonds is 8. The molecule has 0 bridgehead atoms. The summed E-state index contributed by atoms with van der Waals surface area (Å²) in [6.07, 6.45) is 0.447. The topological polar surface area (TPSA) is 47.3 Å². The van der Waals surface area contributed by atoms with Gasteiger partial charge in [0.15, 0.2) is 0 Å². The fraction of sp³-hybridized carbons (Fsp3) is 0.391. The van der Waals surface area contributed by atoms with Crippen LogP contribution in [-0.2, 0) is 16.8 Å². The molecule has 0 unspecified atom stereocenters. The zero-order valence-corrected chi connectivity index (χ0v) is 16.8. The van der Waals surface area contributed by atoms with Gasteiger partial charge >= 0.3 is 0 Å². The molecule has 0 heterocycles. The molecule has 0 spiro atoms. The summed E-state index contributed by atoms with van der Waals surface area (Å²) in [6.45, 7) is 6.21. The van der Waals surface area contributed by atoms with Gasteiger partial charge in [-0.2, -0.15) is 5.26 Å². The number of benzene rings is 2. The van der Waals surface area contributed by atoms with Crippen LogP contribution in [0.5, 0.6) is 0 Å². The molecule has 2 aromatic carbocycles. The summed E-state index contributed by atoms with van der Waals surface area (Å²) in [7, 11) is 4.01. The van der Waals surface area contributed by atoms with E-state index in [9.17, 15) is 4.79 Å². The van der Waals surface area contributed by atoms with Crippen molar-refractivity contribution in [2.45, 2.75) is 32.2 Å². The van der Waals surface area contributed by atoms with Crippen molar-refractivity contribution in [1.29, 1.82) is 5.26 Å². The van der Waals surface area contributed by atoms with Crippen molar-refractivity contribution in [3.63, 3.8) is 0 Å². The third-order valence-corrected chi connectivity index (χ3v) is 4.75. The monoisotopic (exact) mass is 363 g/mol. The van der Waals surface area contributed by atoms with Crippen LogP contribution in [0.1, 0.15) is 37.0 Å². The van der Waals surface area contributed by atoms with Crippen molar-refractivity contribution in [3.8, 4) is 6.07 Å². The summed E-state index contributed by atoms with van der Waals surface area (Å²) in [5.74, 6) is 0.132. The van der Waals surface area contributed by atoms with E-state index in [0.29, 0.717) is 25.1 Å². The third kappa shape index (κ3) is 6.23. The summed E-state index contributed by atoms with van der Waals surface area (Å²) < 4.78 is 0. The minimum atomic E-state index is -0.233. The summed E-state index contributed by atoms with van der Waals surface area (Å²) in [5.41, 5.74) is 2.54. The average molecular weight is 364 g/mol. The smallest absolute Gasteiger partial charge is 0.223 e. The highest BCUT2D eigenvalue weighted by molar-refractivity contribution is 5.77. The molecule has 1 amide bonds. The first-order chi connectivity index (χ1) is 12.8. The fourth-order valence-electron chi connectivity index (χ4n) is 3.05. The molecule has 0 radical (unpaired) electrons. The minimum Gasteiger partial charge on any atom is -0.337 e. The Hall–Kier alpha value is -2.64. The Morgan fingerprint density at radius 1 is 1.04 bits per heavy atom. The summed E-state index contributed by atoms with van der Waals surface area (Å²) in [6, 6.07) is 19.8. The van der Waals surface area contributed by atoms with E-state index in [-0.39, 0.29) is 11.3 Å². The van der Waals surface area contributed by atoms with Crippen molar-refractivity contribution in [1.82, 2.24) is 9.80 Å². The molecule has 27 heavy (non-hydrogen) atoms. The zero-order chi connectivity index (χ0) is 19.9. The molecule has 2 aromatic rings. The van der Waals surface area contributed by atoms with Crippen molar-refractivity contribution < 1.29 is 4.79 Å². The van der Waals surface area contributed by atoms with Gasteiger partial charge in [0.05, 0.1) is 11.6 Å². The quantitative estimate of drug-likeness (QED) is 0.716. The molecule has 0 atom stereocenters. The van der Waals surface area contributed by atoms with Gasteiger partial charge in [0, 0.05) is 26.1 Å². The molecule has 4 heteroatoms. The molecule has 0 aromatic heterocycles. The fourth-order valence-corrected chi connectivity index (χ4v) is 3.05. The van der Waals surface area contributed by atoms with Gasteiger partial charge in [-0.1, -0.05) is 56.3 Å². The van der Waals surface area contributed by atoms with Gasteiger partial charge in [-0.25, -0.2) is 0 Å². The lowest BCUT2D eigenvalue weighted by molar-refractivity contribution is -0.133. The molecule has 0 saturated carbocycles. The van der Waals surface area contributed by atoms with Gasteiger partial charge in [-0.05, 0) is 42.8 Å². The van der Waals surface area contributed by atoms with E-state index in [4.69, 9.17) is 5.26 Å². The Labute approximate surface area is 163 Å². The molecule has 0 fully saturated rings. The highest BCUT2D eigenvalue weighted by Gasteiger charge is 2.27. The lowest BCUT2D eigenvalue weighted by Gasteiger charge is -2.30. The molecule has 0 aliphatic heterocycles. The molecule has 0 N–H and O–H groups in total. The van der Waals surface area contributed by atoms with Crippen LogP contribution in [0.2, 0.25) is 0 Å². The van der Waals surface area contributed by atoms with E-state index in [1.807, 2.05) is 55.4 Å². The Kier molecular flexibility index (Phi) is 7.15. The Bertz CT molecular complexity index is 791. The molecular weight excluding hydrogens is 334 g/mol. The van der Waals surface area contributed by atoms with E-state index in [1.165, 1.54) is 0 Å². The number of nitriles is 1. The third-order valence-electron chi connectivity index (χ3n) is 4.75. The molecule has 0 saturated heterocycles. The standard InChI is InChI=1S/C23H29N3O/c1-23(2,21-11-6-5-7-12-21)16-22(27)26(14-13-25(3)4)18-20-10-8-9-19(15-20)17-24/h5-12,15H,13-14,16,18H2,1-4H3. The van der Waals surface area contributed by atoms with Crippen molar-refractivity contribution >= 4 is 5.91 Å². The Morgan fingerprint density at radius 2 is 1.74 bits per heavy atom. The molecule has 0 aliphatic rings. The largest absolute Gasteiger partial charge is 0.337 e. The maximum atomic E-state index is 13.1. The van der Waals surface area contributed by atoms with Crippen molar-refractivity contribution in [3.05, 3.63) is 71.3 Å². The SMILES string of the molecule is CN(C)CCN(Cc1cccc(C#N)c1)C(=O)CC(C)(C)c1ccccc1. The molecule has 2 rings (SSSR count). The molecular formula is C23H29N3O. The maximum Gasteiger partial charge on any atom is 0.223 e. The number of hydrogen-bond acceptors (Lipinski definition) is 3. The van der Waals surface area contributed by atoms with E-state index < -0.39 is 0 Å². The predicted octanol–water partition coefficient (Wildman–Crippen LogP) is 3.82. The lowest BCUT2D eigenvalue weighted by Crippen LogP contribution is -2.39. The minimum absolute atomic E-state index is 0.132. The molecule has 0 aliphatic carbocycles. The number of carbonyl (C=O) groups excluding carboxylic acids is 1. The van der Waals surface area contributed by atoms with Crippen LogP contribution >= 0.6 is 0 Å². The van der Waals surface area contributed by atoms with Crippen molar-refractivity contribution in [2.24, 2.45) is 0 Å².